The van der Waals surface area contributed by atoms with Gasteiger partial charge in [0.05, 0.1) is 23.7 Å². The number of aryl methyl sites for hydroxylation is 4. The highest BCUT2D eigenvalue weighted by atomic mass is 15.1. The fraction of sp³-hybridized carbons (Fsp3) is 0.365. The molecule has 0 saturated heterocycles. The van der Waals surface area contributed by atoms with Crippen molar-refractivity contribution in [2.45, 2.75) is 83.8 Å². The number of nitrogens with two attached hydrogens (primary N) is 5. The zero-order valence-corrected chi connectivity index (χ0v) is 37.9. The van der Waals surface area contributed by atoms with Crippen LogP contribution in [0.25, 0.3) is 33.1 Å². The van der Waals surface area contributed by atoms with Crippen molar-refractivity contribution in [2.24, 2.45) is 28.7 Å². The molecule has 0 radical (unpaired) electrons. The van der Waals surface area contributed by atoms with Gasteiger partial charge in [-0.3, -0.25) is 0 Å². The second kappa shape index (κ2) is 31.9. The van der Waals surface area contributed by atoms with E-state index in [0.29, 0.717) is 0 Å². The molecule has 0 spiro atoms. The van der Waals surface area contributed by atoms with E-state index in [1.165, 1.54) is 34.1 Å². The molecule has 0 bridgehead atoms. The number of unbranched alkanes of at least 4 members (excludes halogenated alkanes) is 4. The summed E-state index contributed by atoms with van der Waals surface area (Å²) in [5.41, 5.74) is 35.2. The normalized spacial score (nSPS) is 10.5. The molecule has 0 aliphatic carbocycles. The predicted octanol–water partition coefficient (Wildman–Crippen LogP) is 8.74. The van der Waals surface area contributed by atoms with Crippen LogP contribution in [-0.2, 0) is 26.1 Å². The van der Waals surface area contributed by atoms with Crippen molar-refractivity contribution in [3.8, 4) is 0 Å². The molecule has 0 aliphatic heterocycles. The number of nitrogens with one attached hydrogen (secondary N) is 1. The largest absolute Gasteiger partial charge is 0.385 e. The first-order valence-corrected chi connectivity index (χ1v) is 23.1. The molecule has 0 fully saturated rings. The van der Waals surface area contributed by atoms with E-state index in [-0.39, 0.29) is 0 Å². The Morgan fingerprint density at radius 2 is 0.953 bits per heavy atom. The number of para-hydroxylation sites is 4. The lowest BCUT2D eigenvalue weighted by atomic mass is 10.1. The van der Waals surface area contributed by atoms with Crippen LogP contribution >= 0.6 is 0 Å². The molecule has 8 rings (SSSR count). The summed E-state index contributed by atoms with van der Waals surface area (Å²) in [6.45, 7) is 7.87. The van der Waals surface area contributed by atoms with E-state index in [1.54, 1.807) is 6.20 Å². The molecule has 4 aromatic heterocycles. The molecule has 11 N–H and O–H groups in total. The number of fused-ring (bicyclic) bond motifs is 3. The summed E-state index contributed by atoms with van der Waals surface area (Å²) in [6, 6.07) is 43.4. The maximum absolute atomic E-state index is 5.47. The molecule has 12 nitrogen and oxygen atoms in total. The lowest BCUT2D eigenvalue weighted by molar-refractivity contribution is 0.623. The summed E-state index contributed by atoms with van der Waals surface area (Å²) >= 11 is 0. The van der Waals surface area contributed by atoms with E-state index in [1.807, 2.05) is 67.3 Å². The lowest BCUT2D eigenvalue weighted by Gasteiger charge is -2.03. The Morgan fingerprint density at radius 1 is 0.422 bits per heavy atom. The van der Waals surface area contributed by atoms with Crippen LogP contribution < -0.4 is 34.0 Å². The monoisotopic (exact) mass is 867 g/mol. The molecule has 342 valence electrons. The third-order valence-corrected chi connectivity index (χ3v) is 10.4. The number of anilines is 1. The Hall–Kier alpha value is -5.89. The summed E-state index contributed by atoms with van der Waals surface area (Å²) < 4.78 is 6.56. The van der Waals surface area contributed by atoms with Crippen molar-refractivity contribution in [2.75, 3.05) is 44.6 Å². The molecule has 0 atom stereocenters. The van der Waals surface area contributed by atoms with Crippen LogP contribution in [0.4, 0.5) is 5.69 Å². The van der Waals surface area contributed by atoms with E-state index in [9.17, 15) is 0 Å². The topological polar surface area (TPSA) is 196 Å². The minimum Gasteiger partial charge on any atom is -0.385 e. The fourth-order valence-electron chi connectivity index (χ4n) is 6.87. The molecule has 0 aliphatic rings. The van der Waals surface area contributed by atoms with Crippen molar-refractivity contribution in [3.63, 3.8) is 0 Å². The van der Waals surface area contributed by atoms with Crippen LogP contribution in [0.1, 0.15) is 63.4 Å². The first-order valence-electron chi connectivity index (χ1n) is 23.1. The van der Waals surface area contributed by atoms with Crippen molar-refractivity contribution >= 4 is 38.8 Å². The molecule has 12 heteroatoms. The number of hydrogen-bond donors (Lipinski definition) is 6. The minimum absolute atomic E-state index is 0.750. The van der Waals surface area contributed by atoms with Gasteiger partial charge in [-0.15, -0.1) is 0 Å². The molecule has 4 aromatic carbocycles. The zero-order chi connectivity index (χ0) is 45.3. The summed E-state index contributed by atoms with van der Waals surface area (Å²) in [7, 11) is 0. The summed E-state index contributed by atoms with van der Waals surface area (Å²) in [4.78, 5) is 12.9. The summed E-state index contributed by atoms with van der Waals surface area (Å²) in [5, 5.41) is 4.59. The van der Waals surface area contributed by atoms with Gasteiger partial charge in [-0.2, -0.15) is 0 Å². The van der Waals surface area contributed by atoms with Gasteiger partial charge in [0.1, 0.15) is 5.52 Å². The van der Waals surface area contributed by atoms with E-state index in [0.717, 1.165) is 133 Å². The van der Waals surface area contributed by atoms with E-state index in [4.69, 9.17) is 28.7 Å². The SMILES string of the molecule is NCCCCc1ccccc1.NCCCCn1ccc2ccccc21.NCCCCn1cnc2ccccc21.NCCCCn1cnc2cccnc21.NCCCNc1ccccc1. The Morgan fingerprint density at radius 3 is 1.64 bits per heavy atom. The van der Waals surface area contributed by atoms with E-state index in [2.05, 4.69) is 113 Å². The molecule has 0 amide bonds. The lowest BCUT2D eigenvalue weighted by Crippen LogP contribution is -2.08. The van der Waals surface area contributed by atoms with Crippen LogP contribution in [-0.4, -0.2) is 67.9 Å². The Kier molecular flexibility index (Phi) is 25.3. The van der Waals surface area contributed by atoms with Gasteiger partial charge in [0.25, 0.3) is 0 Å². The number of imidazole rings is 2. The average molecular weight is 867 g/mol. The molecule has 8 aromatic rings. The highest BCUT2D eigenvalue weighted by Gasteiger charge is 2.02. The minimum atomic E-state index is 0.750. The highest BCUT2D eigenvalue weighted by molar-refractivity contribution is 5.80. The van der Waals surface area contributed by atoms with Crippen LogP contribution in [0.3, 0.4) is 0 Å². The summed E-state index contributed by atoms with van der Waals surface area (Å²) in [5.74, 6) is 0. The Balaban J connectivity index is 0.000000176. The van der Waals surface area contributed by atoms with Gasteiger partial charge in [0.2, 0.25) is 0 Å². The molecule has 64 heavy (non-hydrogen) atoms. The number of pyridine rings is 1. The van der Waals surface area contributed by atoms with Gasteiger partial charge in [-0.1, -0.05) is 78.9 Å². The maximum atomic E-state index is 5.47. The van der Waals surface area contributed by atoms with Crippen molar-refractivity contribution in [1.29, 1.82) is 0 Å². The van der Waals surface area contributed by atoms with E-state index < -0.39 is 0 Å². The number of aromatic nitrogens is 6. The fourth-order valence-corrected chi connectivity index (χ4v) is 6.87. The number of benzene rings is 4. The smallest absolute Gasteiger partial charge is 0.159 e. The van der Waals surface area contributed by atoms with Gasteiger partial charge >= 0.3 is 0 Å². The quantitative estimate of drug-likeness (QED) is 0.0406. The van der Waals surface area contributed by atoms with Gasteiger partial charge in [0.15, 0.2) is 5.65 Å². The highest BCUT2D eigenvalue weighted by Crippen LogP contribution is 2.16. The number of rotatable bonds is 20. The van der Waals surface area contributed by atoms with Crippen molar-refractivity contribution in [1.82, 2.24) is 28.7 Å². The zero-order valence-electron chi connectivity index (χ0n) is 37.9. The first kappa shape index (κ1) is 50.8. The molecular formula is C52H74N12. The van der Waals surface area contributed by atoms with Gasteiger partial charge < -0.3 is 47.7 Å². The first-order chi connectivity index (χ1) is 31.6. The Labute approximate surface area is 381 Å². The second-order valence-corrected chi connectivity index (χ2v) is 15.4. The Bertz CT molecular complexity index is 2100. The molecule has 0 unspecified atom stereocenters. The number of hydrogen-bond acceptors (Lipinski definition) is 9. The van der Waals surface area contributed by atoms with E-state index >= 15 is 0 Å². The molecule has 4 heterocycles. The summed E-state index contributed by atoms with van der Waals surface area (Å²) in [6.07, 6.45) is 18.8. The third-order valence-electron chi connectivity index (χ3n) is 10.4. The van der Waals surface area contributed by atoms with Crippen molar-refractivity contribution < 1.29 is 0 Å². The van der Waals surface area contributed by atoms with Crippen LogP contribution in [0.15, 0.2) is 152 Å². The maximum Gasteiger partial charge on any atom is 0.159 e. The number of nitrogens with zero attached hydrogens (tertiary/aromatic N) is 6. The molecule has 0 saturated carbocycles. The van der Waals surface area contributed by atoms with Crippen LogP contribution in [0, 0.1) is 0 Å². The van der Waals surface area contributed by atoms with Gasteiger partial charge in [-0.25, -0.2) is 15.0 Å². The molecular weight excluding hydrogens is 793 g/mol. The third kappa shape index (κ3) is 18.8. The predicted molar refractivity (Wildman–Crippen MR) is 271 cm³/mol. The standard InChI is InChI=1S/C12H16N2.C11H15N3.C10H14N4.C10H15N.C9H14N2/c13-8-3-4-9-14-10-7-11-5-1-2-6-12(11)14;12-7-3-4-8-14-9-13-10-5-1-2-6-11(10)14;11-5-1-2-7-14-8-13-9-4-3-6-12-10(9)14;11-9-5-4-8-10-6-2-1-3-7-10;10-7-4-8-11-9-5-2-1-3-6-9/h1-2,5-7,10H,3-4,8-9,13H2;1-2,5-6,9H,3-4,7-8,12H2;3-4,6,8H,1-2,5,7,11H2;1-3,6-7H,4-5,8-9,11H2;1-3,5-6,11H,4,7-8,10H2. The van der Waals surface area contributed by atoms with Crippen LogP contribution in [0.5, 0.6) is 0 Å². The second-order valence-electron chi connectivity index (χ2n) is 15.4. The van der Waals surface area contributed by atoms with Crippen molar-refractivity contribution in [3.05, 3.63) is 158 Å². The van der Waals surface area contributed by atoms with Gasteiger partial charge in [0, 0.05) is 49.8 Å². The van der Waals surface area contributed by atoms with Gasteiger partial charge in [-0.05, 0) is 156 Å². The van der Waals surface area contributed by atoms with Crippen LogP contribution in [0.2, 0.25) is 0 Å². The average Bonchev–Trinajstić information content (AvgIpc) is 4.09.